The molecule has 1 aliphatic rings. The van der Waals surface area contributed by atoms with Gasteiger partial charge in [-0.3, -0.25) is 4.79 Å². The van der Waals surface area contributed by atoms with E-state index >= 15 is 0 Å². The lowest BCUT2D eigenvalue weighted by molar-refractivity contribution is -0.114. The summed E-state index contributed by atoms with van der Waals surface area (Å²) in [6.45, 7) is 4.20. The van der Waals surface area contributed by atoms with E-state index in [0.29, 0.717) is 24.5 Å². The van der Waals surface area contributed by atoms with Crippen LogP contribution in [0.5, 0.6) is 0 Å². The SMILES string of the molecule is CC1CN(S(=O)(=O)c2ccc(NC(=O)CNc3ccc(F)c(Cl)c3)cc2)CC(C)O1. The molecule has 2 N–H and O–H groups in total. The molecular formula is C20H23ClFN3O4S. The first-order chi connectivity index (χ1) is 14.1. The van der Waals surface area contributed by atoms with E-state index in [-0.39, 0.29) is 34.6 Å². The smallest absolute Gasteiger partial charge is 0.243 e. The fourth-order valence-electron chi connectivity index (χ4n) is 3.18. The molecule has 1 aliphatic heterocycles. The topological polar surface area (TPSA) is 87.7 Å². The van der Waals surface area contributed by atoms with Gasteiger partial charge in [-0.25, -0.2) is 12.8 Å². The monoisotopic (exact) mass is 455 g/mol. The molecule has 0 saturated carbocycles. The number of morpholine rings is 1. The molecule has 1 saturated heterocycles. The Morgan fingerprint density at radius 1 is 1.13 bits per heavy atom. The highest BCUT2D eigenvalue weighted by Gasteiger charge is 2.32. The van der Waals surface area contributed by atoms with E-state index in [4.69, 9.17) is 16.3 Å². The van der Waals surface area contributed by atoms with Crippen molar-refractivity contribution >= 4 is 38.9 Å². The summed E-state index contributed by atoms with van der Waals surface area (Å²) in [6, 6.07) is 10.1. The lowest BCUT2D eigenvalue weighted by Crippen LogP contribution is -2.48. The number of hydrogen-bond donors (Lipinski definition) is 2. The first-order valence-electron chi connectivity index (χ1n) is 9.39. The van der Waals surface area contributed by atoms with E-state index in [1.54, 1.807) is 0 Å². The Hall–Kier alpha value is -2.20. The van der Waals surface area contributed by atoms with Gasteiger partial charge in [-0.15, -0.1) is 0 Å². The van der Waals surface area contributed by atoms with E-state index in [0.717, 1.165) is 0 Å². The highest BCUT2D eigenvalue weighted by atomic mass is 35.5. The number of amides is 1. The first kappa shape index (κ1) is 22.5. The minimum absolute atomic E-state index is 0.0405. The van der Waals surface area contributed by atoms with Gasteiger partial charge in [-0.1, -0.05) is 11.6 Å². The summed E-state index contributed by atoms with van der Waals surface area (Å²) < 4.78 is 45.9. The van der Waals surface area contributed by atoms with Crippen LogP contribution in [-0.2, 0) is 19.6 Å². The van der Waals surface area contributed by atoms with Crippen molar-refractivity contribution in [3.8, 4) is 0 Å². The predicted molar refractivity (Wildman–Crippen MR) is 114 cm³/mol. The Labute approximate surface area is 180 Å². The van der Waals surface area contributed by atoms with Crippen LogP contribution in [0.4, 0.5) is 15.8 Å². The highest BCUT2D eigenvalue weighted by molar-refractivity contribution is 7.89. The van der Waals surface area contributed by atoms with Crippen molar-refractivity contribution in [2.24, 2.45) is 0 Å². The Morgan fingerprint density at radius 2 is 1.73 bits per heavy atom. The Morgan fingerprint density at radius 3 is 2.33 bits per heavy atom. The van der Waals surface area contributed by atoms with Crippen LogP contribution >= 0.6 is 11.6 Å². The fourth-order valence-corrected chi connectivity index (χ4v) is 4.95. The van der Waals surface area contributed by atoms with E-state index in [9.17, 15) is 17.6 Å². The van der Waals surface area contributed by atoms with Crippen LogP contribution in [0.15, 0.2) is 47.4 Å². The summed E-state index contributed by atoms with van der Waals surface area (Å²) in [5.74, 6) is -0.885. The van der Waals surface area contributed by atoms with E-state index in [1.807, 2.05) is 13.8 Å². The lowest BCUT2D eigenvalue weighted by Gasteiger charge is -2.34. The molecule has 0 spiro atoms. The average molecular weight is 456 g/mol. The summed E-state index contributed by atoms with van der Waals surface area (Å²) in [4.78, 5) is 12.3. The number of anilines is 2. The van der Waals surface area contributed by atoms with Gasteiger partial charge in [-0.05, 0) is 56.3 Å². The van der Waals surface area contributed by atoms with Crippen LogP contribution in [-0.4, -0.2) is 50.5 Å². The molecular weight excluding hydrogens is 433 g/mol. The van der Waals surface area contributed by atoms with Gasteiger partial charge in [0.15, 0.2) is 0 Å². The summed E-state index contributed by atoms with van der Waals surface area (Å²) in [5, 5.41) is 5.48. The minimum Gasteiger partial charge on any atom is -0.376 e. The van der Waals surface area contributed by atoms with E-state index in [1.165, 1.54) is 46.8 Å². The van der Waals surface area contributed by atoms with Crippen LogP contribution in [0.3, 0.4) is 0 Å². The Bertz CT molecular complexity index is 1010. The van der Waals surface area contributed by atoms with Crippen molar-refractivity contribution in [1.82, 2.24) is 4.31 Å². The molecule has 2 atom stereocenters. The van der Waals surface area contributed by atoms with Gasteiger partial charge in [0.25, 0.3) is 0 Å². The first-order valence-corrected chi connectivity index (χ1v) is 11.2. The number of sulfonamides is 1. The molecule has 1 fully saturated rings. The van der Waals surface area contributed by atoms with Gasteiger partial charge < -0.3 is 15.4 Å². The van der Waals surface area contributed by atoms with Crippen LogP contribution < -0.4 is 10.6 Å². The molecule has 30 heavy (non-hydrogen) atoms. The number of benzene rings is 2. The summed E-state index contributed by atoms with van der Waals surface area (Å²) in [6.07, 6.45) is -0.351. The van der Waals surface area contributed by atoms with Crippen molar-refractivity contribution in [3.05, 3.63) is 53.3 Å². The second-order valence-corrected chi connectivity index (χ2v) is 9.48. The van der Waals surface area contributed by atoms with Crippen molar-refractivity contribution in [2.75, 3.05) is 30.3 Å². The Kier molecular flexibility index (Phi) is 6.97. The van der Waals surface area contributed by atoms with E-state index < -0.39 is 15.8 Å². The number of carbonyl (C=O) groups is 1. The summed E-state index contributed by atoms with van der Waals surface area (Å²) in [5.41, 5.74) is 0.966. The van der Waals surface area contributed by atoms with Crippen molar-refractivity contribution in [2.45, 2.75) is 31.0 Å². The van der Waals surface area contributed by atoms with Crippen LogP contribution in [0.1, 0.15) is 13.8 Å². The number of nitrogens with zero attached hydrogens (tertiary/aromatic N) is 1. The number of carbonyl (C=O) groups excluding carboxylic acids is 1. The molecule has 2 unspecified atom stereocenters. The molecule has 3 rings (SSSR count). The number of nitrogens with one attached hydrogen (secondary N) is 2. The molecule has 162 valence electrons. The third-order valence-electron chi connectivity index (χ3n) is 4.53. The summed E-state index contributed by atoms with van der Waals surface area (Å²) >= 11 is 5.71. The molecule has 1 heterocycles. The maximum Gasteiger partial charge on any atom is 0.243 e. The molecule has 1 amide bonds. The lowest BCUT2D eigenvalue weighted by atomic mass is 10.3. The normalized spacial score (nSPS) is 20.0. The van der Waals surface area contributed by atoms with Gasteiger partial charge >= 0.3 is 0 Å². The highest BCUT2D eigenvalue weighted by Crippen LogP contribution is 2.23. The van der Waals surface area contributed by atoms with Crippen LogP contribution in [0.2, 0.25) is 5.02 Å². The number of halogens is 2. The molecule has 0 radical (unpaired) electrons. The fraction of sp³-hybridized carbons (Fsp3) is 0.350. The van der Waals surface area contributed by atoms with Crippen LogP contribution in [0, 0.1) is 5.82 Å². The number of ether oxygens (including phenoxy) is 1. The van der Waals surface area contributed by atoms with Crippen molar-refractivity contribution in [1.29, 1.82) is 0 Å². The summed E-state index contributed by atoms with van der Waals surface area (Å²) in [7, 11) is -3.64. The van der Waals surface area contributed by atoms with Gasteiger partial charge in [0.2, 0.25) is 15.9 Å². The van der Waals surface area contributed by atoms with Crippen LogP contribution in [0.25, 0.3) is 0 Å². The van der Waals surface area contributed by atoms with Crippen molar-refractivity contribution < 1.29 is 22.3 Å². The zero-order valence-electron chi connectivity index (χ0n) is 16.6. The second-order valence-electron chi connectivity index (χ2n) is 7.13. The minimum atomic E-state index is -3.64. The third-order valence-corrected chi connectivity index (χ3v) is 6.67. The standard InChI is InChI=1S/C20H23ClFN3O4S/c1-13-11-25(12-14(2)29-13)30(27,28)17-6-3-15(4-7-17)24-20(26)10-23-16-5-8-19(22)18(21)9-16/h3-9,13-14,23H,10-12H2,1-2H3,(H,24,26). The molecule has 2 aromatic rings. The second kappa shape index (κ2) is 9.30. The van der Waals surface area contributed by atoms with Gasteiger partial charge in [0, 0.05) is 24.5 Å². The molecule has 7 nitrogen and oxygen atoms in total. The largest absolute Gasteiger partial charge is 0.376 e. The molecule has 10 heteroatoms. The zero-order chi connectivity index (χ0) is 21.9. The molecule has 2 aromatic carbocycles. The quantitative estimate of drug-likeness (QED) is 0.697. The number of hydrogen-bond acceptors (Lipinski definition) is 5. The number of rotatable bonds is 6. The van der Waals surface area contributed by atoms with E-state index in [2.05, 4.69) is 10.6 Å². The Balaban J connectivity index is 1.59. The maximum absolute atomic E-state index is 13.2. The zero-order valence-corrected chi connectivity index (χ0v) is 18.1. The molecule has 0 bridgehead atoms. The van der Waals surface area contributed by atoms with Crippen molar-refractivity contribution in [3.63, 3.8) is 0 Å². The van der Waals surface area contributed by atoms with Gasteiger partial charge in [0.05, 0.1) is 28.7 Å². The van der Waals surface area contributed by atoms with Gasteiger partial charge in [-0.2, -0.15) is 4.31 Å². The molecule has 0 aliphatic carbocycles. The third kappa shape index (κ3) is 5.48. The van der Waals surface area contributed by atoms with Gasteiger partial charge in [0.1, 0.15) is 5.82 Å². The predicted octanol–water partition coefficient (Wildman–Crippen LogP) is 3.33. The molecule has 0 aromatic heterocycles. The average Bonchev–Trinajstić information content (AvgIpc) is 2.68. The maximum atomic E-state index is 13.2.